The summed E-state index contributed by atoms with van der Waals surface area (Å²) >= 11 is 0. The molecule has 0 unspecified atom stereocenters. The molecule has 10 nitrogen and oxygen atoms in total. The van der Waals surface area contributed by atoms with E-state index >= 15 is 0 Å². The number of hydrogen-bond donors (Lipinski definition) is 2. The summed E-state index contributed by atoms with van der Waals surface area (Å²) in [5, 5.41) is 18.4. The number of halogens is 3. The number of alkyl halides is 3. The number of carbonyl (C=O) groups excluding carboxylic acids is 2. The van der Waals surface area contributed by atoms with Gasteiger partial charge in [0.25, 0.3) is 0 Å². The molecule has 1 heterocycles. The highest BCUT2D eigenvalue weighted by Crippen LogP contribution is 2.28. The van der Waals surface area contributed by atoms with Gasteiger partial charge in [-0.1, -0.05) is 37.0 Å². The van der Waals surface area contributed by atoms with E-state index in [1.54, 1.807) is 0 Å². The fraction of sp³-hybridized carbons (Fsp3) is 0.571. The highest BCUT2D eigenvalue weighted by atomic mass is 19.4. The van der Waals surface area contributed by atoms with Crippen LogP contribution in [-0.2, 0) is 9.59 Å². The smallest absolute Gasteiger partial charge is 0.406 e. The van der Waals surface area contributed by atoms with E-state index in [9.17, 15) is 22.8 Å². The number of rotatable bonds is 10. The number of tetrazole rings is 1. The Labute approximate surface area is 194 Å². The van der Waals surface area contributed by atoms with Crippen molar-refractivity contribution in [3.63, 3.8) is 0 Å². The lowest BCUT2D eigenvalue weighted by Crippen LogP contribution is -2.56. The Kier molecular flexibility index (Phi) is 8.66. The Morgan fingerprint density at radius 1 is 1.18 bits per heavy atom. The second-order valence-corrected chi connectivity index (χ2v) is 8.11. The number of anilines is 1. The van der Waals surface area contributed by atoms with E-state index in [4.69, 9.17) is 0 Å². The van der Waals surface area contributed by atoms with Crippen molar-refractivity contribution in [1.82, 2.24) is 25.6 Å². The van der Waals surface area contributed by atoms with Crippen molar-refractivity contribution in [3.8, 4) is 5.75 Å². The third-order valence-electron chi connectivity index (χ3n) is 5.57. The third kappa shape index (κ3) is 7.59. The Morgan fingerprint density at radius 2 is 1.88 bits per heavy atom. The van der Waals surface area contributed by atoms with Crippen LogP contribution in [0.3, 0.4) is 0 Å². The maximum Gasteiger partial charge on any atom is 0.573 e. The summed E-state index contributed by atoms with van der Waals surface area (Å²) in [6, 6.07) is 4.49. The van der Waals surface area contributed by atoms with E-state index in [0.29, 0.717) is 24.6 Å². The van der Waals surface area contributed by atoms with E-state index < -0.39 is 12.4 Å². The van der Waals surface area contributed by atoms with Gasteiger partial charge >= 0.3 is 6.36 Å². The minimum atomic E-state index is -4.75. The van der Waals surface area contributed by atoms with Crippen LogP contribution in [0.4, 0.5) is 18.9 Å². The molecule has 1 aliphatic carbocycles. The lowest BCUT2D eigenvalue weighted by Gasteiger charge is -2.32. The molecule has 1 fully saturated rings. The van der Waals surface area contributed by atoms with E-state index in [1.165, 1.54) is 48.9 Å². The molecule has 0 radical (unpaired) electrons. The molecule has 2 aromatic rings. The highest BCUT2D eigenvalue weighted by molar-refractivity contribution is 5.93. The second-order valence-electron chi connectivity index (χ2n) is 8.11. The zero-order chi connectivity index (χ0) is 24.6. The van der Waals surface area contributed by atoms with Gasteiger partial charge in [-0.2, -0.15) is 0 Å². The van der Waals surface area contributed by atoms with Crippen LogP contribution in [0, 0.1) is 5.92 Å². The third-order valence-corrected chi connectivity index (χ3v) is 5.57. The van der Waals surface area contributed by atoms with Crippen LogP contribution in [0.25, 0.3) is 0 Å². The molecule has 3 rings (SSSR count). The van der Waals surface area contributed by atoms with Gasteiger partial charge in [-0.15, -0.1) is 23.4 Å². The molecular formula is C21H28F3N7O3. The van der Waals surface area contributed by atoms with Crippen LogP contribution < -0.4 is 20.4 Å². The number of nitrogens with zero attached hydrogens (tertiary/aromatic N) is 5. The van der Waals surface area contributed by atoms with Crippen molar-refractivity contribution >= 4 is 17.5 Å². The second kappa shape index (κ2) is 11.7. The zero-order valence-electron chi connectivity index (χ0n) is 18.8. The predicted molar refractivity (Wildman–Crippen MR) is 116 cm³/mol. The first-order valence-corrected chi connectivity index (χ1v) is 11.1. The Bertz CT molecular complexity index is 917. The first-order valence-electron chi connectivity index (χ1n) is 11.1. The highest BCUT2D eigenvalue weighted by Gasteiger charge is 2.34. The van der Waals surface area contributed by atoms with Crippen LogP contribution in [0.2, 0.25) is 0 Å². The summed E-state index contributed by atoms with van der Waals surface area (Å²) in [4.78, 5) is 26.5. The van der Waals surface area contributed by atoms with Crippen molar-refractivity contribution < 1.29 is 27.5 Å². The van der Waals surface area contributed by atoms with Gasteiger partial charge in [0.1, 0.15) is 11.8 Å². The zero-order valence-corrected chi connectivity index (χ0v) is 18.8. The number of carbonyl (C=O) groups is 2. The number of benzene rings is 1. The molecule has 2 amide bonds. The molecule has 13 heteroatoms. The lowest BCUT2D eigenvalue weighted by atomic mass is 9.84. The molecule has 1 aliphatic rings. The van der Waals surface area contributed by atoms with Crippen molar-refractivity contribution in [2.24, 2.45) is 5.92 Å². The largest absolute Gasteiger partial charge is 0.573 e. The normalized spacial score (nSPS) is 15.4. The number of aromatic nitrogens is 4. The monoisotopic (exact) mass is 483 g/mol. The fourth-order valence-electron chi connectivity index (χ4n) is 4.07. The average molecular weight is 483 g/mol. The minimum absolute atomic E-state index is 0.233. The summed E-state index contributed by atoms with van der Waals surface area (Å²) in [5.41, 5.74) is 0.569. The van der Waals surface area contributed by atoms with Gasteiger partial charge < -0.3 is 15.4 Å². The first-order chi connectivity index (χ1) is 16.2. The number of ether oxygens (including phenoxy) is 1. The molecule has 0 saturated heterocycles. The number of nitrogens with one attached hydrogen (secondary N) is 2. The summed E-state index contributed by atoms with van der Waals surface area (Å²) in [6.45, 7) is 1.90. The Hall–Kier alpha value is -3.38. The van der Waals surface area contributed by atoms with Gasteiger partial charge in [-0.05, 0) is 41.8 Å². The summed E-state index contributed by atoms with van der Waals surface area (Å²) < 4.78 is 40.6. The van der Waals surface area contributed by atoms with Crippen molar-refractivity contribution in [2.45, 2.75) is 57.9 Å². The number of hydrogen-bond acceptors (Lipinski definition) is 7. The molecule has 0 spiro atoms. The van der Waals surface area contributed by atoms with Crippen LogP contribution in [0.5, 0.6) is 5.75 Å². The molecule has 1 aromatic heterocycles. The quantitative estimate of drug-likeness (QED) is 0.500. The summed E-state index contributed by atoms with van der Waals surface area (Å²) in [7, 11) is 0. The van der Waals surface area contributed by atoms with Crippen molar-refractivity contribution in [3.05, 3.63) is 30.6 Å². The average Bonchev–Trinajstić information content (AvgIpc) is 3.31. The fourth-order valence-corrected chi connectivity index (χ4v) is 4.07. The Balaban J connectivity index is 1.57. The molecule has 0 bridgehead atoms. The topological polar surface area (TPSA) is 114 Å². The molecule has 1 aromatic carbocycles. The molecular weight excluding hydrogens is 455 g/mol. The SMILES string of the molecule is CC(=O)N([C@@H](CC1CCCCC1)C(=O)NCCNc1ccc(OC(F)(F)F)cc1)n1ncnn1. The van der Waals surface area contributed by atoms with Gasteiger partial charge in [-0.25, -0.2) is 5.01 Å². The lowest BCUT2D eigenvalue weighted by molar-refractivity contribution is -0.274. The van der Waals surface area contributed by atoms with Gasteiger partial charge in [0.05, 0.1) is 0 Å². The van der Waals surface area contributed by atoms with Gasteiger partial charge in [0, 0.05) is 25.7 Å². The predicted octanol–water partition coefficient (Wildman–Crippen LogP) is 2.62. The van der Waals surface area contributed by atoms with E-state index in [0.717, 1.165) is 30.6 Å². The molecule has 186 valence electrons. The van der Waals surface area contributed by atoms with Gasteiger partial charge in [-0.3, -0.25) is 9.59 Å². The maximum atomic E-state index is 13.1. The van der Waals surface area contributed by atoms with Gasteiger partial charge in [0.2, 0.25) is 11.8 Å². The molecule has 2 N–H and O–H groups in total. The summed E-state index contributed by atoms with van der Waals surface area (Å²) in [6.07, 6.45) is 2.29. The van der Waals surface area contributed by atoms with Crippen LogP contribution >= 0.6 is 0 Å². The molecule has 0 aliphatic heterocycles. The van der Waals surface area contributed by atoms with Crippen LogP contribution in [0.1, 0.15) is 45.4 Å². The van der Waals surface area contributed by atoms with Crippen LogP contribution in [0.15, 0.2) is 30.6 Å². The summed E-state index contributed by atoms with van der Waals surface area (Å²) in [5.74, 6) is -0.726. The Morgan fingerprint density at radius 3 is 2.47 bits per heavy atom. The molecule has 34 heavy (non-hydrogen) atoms. The minimum Gasteiger partial charge on any atom is -0.406 e. The molecule has 1 atom stereocenters. The molecule has 1 saturated carbocycles. The standard InChI is InChI=1S/C21H28F3N7O3/c1-15(32)30(31-28-14-27-29-31)19(13-16-5-3-2-4-6-16)20(33)26-12-11-25-17-7-9-18(10-8-17)34-21(22,23)24/h7-10,14,16,19,25H,2-6,11-13H2,1H3,(H,26,33)/t19-/m0/s1. The van der Waals surface area contributed by atoms with Crippen LogP contribution in [-0.4, -0.2) is 57.6 Å². The van der Waals surface area contributed by atoms with E-state index in [2.05, 4.69) is 30.8 Å². The van der Waals surface area contributed by atoms with E-state index in [1.807, 2.05) is 0 Å². The number of amides is 2. The van der Waals surface area contributed by atoms with E-state index in [-0.39, 0.29) is 24.1 Å². The van der Waals surface area contributed by atoms with Crippen molar-refractivity contribution in [1.29, 1.82) is 0 Å². The maximum absolute atomic E-state index is 13.1. The van der Waals surface area contributed by atoms with Gasteiger partial charge in [0.15, 0.2) is 6.33 Å². The first kappa shape index (κ1) is 25.2. The van der Waals surface area contributed by atoms with Crippen molar-refractivity contribution in [2.75, 3.05) is 23.4 Å².